The van der Waals surface area contributed by atoms with Crippen LogP contribution >= 0.6 is 0 Å². The molecular weight excluding hydrogens is 336 g/mol. The van der Waals surface area contributed by atoms with Gasteiger partial charge in [0.1, 0.15) is 0 Å². The molecule has 2 N–H and O–H groups in total. The van der Waals surface area contributed by atoms with Crippen LogP contribution in [0.4, 0.5) is 4.79 Å². The highest BCUT2D eigenvalue weighted by Gasteiger charge is 2.25. The summed E-state index contributed by atoms with van der Waals surface area (Å²) in [6.07, 6.45) is 1.75. The number of imide groups is 1. The van der Waals surface area contributed by atoms with Crippen LogP contribution in [0.3, 0.4) is 0 Å². The maximum Gasteiger partial charge on any atom is 0.339 e. The van der Waals surface area contributed by atoms with E-state index in [4.69, 9.17) is 4.74 Å². The number of amides is 3. The van der Waals surface area contributed by atoms with Crippen molar-refractivity contribution in [2.24, 2.45) is 0 Å². The highest BCUT2D eigenvalue weighted by atomic mass is 32.2. The lowest BCUT2D eigenvalue weighted by atomic mass is 10.2. The molecule has 0 atom stereocenters. The van der Waals surface area contributed by atoms with Gasteiger partial charge in [-0.15, -0.1) is 0 Å². The molecule has 1 aliphatic rings. The van der Waals surface area contributed by atoms with E-state index < -0.39 is 34.4 Å². The Kier molecular flexibility index (Phi) is 5.55. The first-order valence-electron chi connectivity index (χ1n) is 7.42. The van der Waals surface area contributed by atoms with Crippen LogP contribution in [-0.4, -0.2) is 44.7 Å². The minimum absolute atomic E-state index is 0.0893. The summed E-state index contributed by atoms with van der Waals surface area (Å²) in [5.74, 6) is -1.91. The standard InChI is InChI=1S/C15H18N2O6S/c1-2-24(21,22)12-6-4-3-5-11(12)14(19)23-9-13(18)17-15(20)16-10-7-8-10/h3-6,10H,2,7-9H2,1H3,(H2,16,17,18,20). The summed E-state index contributed by atoms with van der Waals surface area (Å²) in [4.78, 5) is 34.8. The molecule has 0 spiro atoms. The number of benzene rings is 1. The fraction of sp³-hybridized carbons (Fsp3) is 0.400. The third-order valence-corrected chi connectivity index (χ3v) is 5.11. The van der Waals surface area contributed by atoms with Crippen LogP contribution in [0.5, 0.6) is 0 Å². The number of hydrogen-bond donors (Lipinski definition) is 2. The van der Waals surface area contributed by atoms with Crippen molar-refractivity contribution in [3.63, 3.8) is 0 Å². The van der Waals surface area contributed by atoms with Crippen molar-refractivity contribution in [3.8, 4) is 0 Å². The zero-order valence-electron chi connectivity index (χ0n) is 13.1. The Morgan fingerprint density at radius 3 is 2.50 bits per heavy atom. The van der Waals surface area contributed by atoms with Crippen molar-refractivity contribution >= 4 is 27.7 Å². The van der Waals surface area contributed by atoms with Crippen molar-refractivity contribution in [3.05, 3.63) is 29.8 Å². The highest BCUT2D eigenvalue weighted by Crippen LogP contribution is 2.18. The van der Waals surface area contributed by atoms with Gasteiger partial charge < -0.3 is 10.1 Å². The molecule has 0 radical (unpaired) electrons. The molecule has 24 heavy (non-hydrogen) atoms. The predicted molar refractivity (Wildman–Crippen MR) is 84.1 cm³/mol. The topological polar surface area (TPSA) is 119 Å². The van der Waals surface area contributed by atoms with Crippen LogP contribution in [0.1, 0.15) is 30.1 Å². The molecule has 0 saturated heterocycles. The lowest BCUT2D eigenvalue weighted by Crippen LogP contribution is -2.42. The first-order chi connectivity index (χ1) is 11.3. The van der Waals surface area contributed by atoms with Gasteiger partial charge in [0.2, 0.25) is 0 Å². The zero-order valence-corrected chi connectivity index (χ0v) is 13.9. The zero-order chi connectivity index (χ0) is 17.7. The Bertz CT molecular complexity index is 755. The molecular formula is C15H18N2O6S. The summed E-state index contributed by atoms with van der Waals surface area (Å²) in [6, 6.07) is 5.04. The predicted octanol–water partition coefficient (Wildman–Crippen LogP) is 0.625. The third-order valence-electron chi connectivity index (χ3n) is 3.32. The van der Waals surface area contributed by atoms with Gasteiger partial charge in [0.15, 0.2) is 16.4 Å². The summed E-state index contributed by atoms with van der Waals surface area (Å²) >= 11 is 0. The average Bonchev–Trinajstić information content (AvgIpc) is 3.36. The normalized spacial score (nSPS) is 13.9. The maximum absolute atomic E-state index is 12.0. The van der Waals surface area contributed by atoms with Crippen molar-refractivity contribution in [1.29, 1.82) is 0 Å². The Balaban J connectivity index is 1.95. The van der Waals surface area contributed by atoms with Crippen molar-refractivity contribution in [2.45, 2.75) is 30.7 Å². The van der Waals surface area contributed by atoms with Gasteiger partial charge >= 0.3 is 12.0 Å². The molecule has 9 heteroatoms. The number of rotatable bonds is 6. The van der Waals surface area contributed by atoms with Crippen molar-refractivity contribution in [1.82, 2.24) is 10.6 Å². The summed E-state index contributed by atoms with van der Waals surface area (Å²) in [5.41, 5.74) is -0.144. The number of nitrogens with one attached hydrogen (secondary N) is 2. The molecule has 8 nitrogen and oxygen atoms in total. The van der Waals surface area contributed by atoms with Crippen LogP contribution < -0.4 is 10.6 Å². The quantitative estimate of drug-likeness (QED) is 0.723. The monoisotopic (exact) mass is 354 g/mol. The van der Waals surface area contributed by atoms with Gasteiger partial charge in [0.05, 0.1) is 16.2 Å². The number of sulfone groups is 1. The Morgan fingerprint density at radius 2 is 1.88 bits per heavy atom. The van der Waals surface area contributed by atoms with Crippen LogP contribution in [0.15, 0.2) is 29.2 Å². The van der Waals surface area contributed by atoms with E-state index in [-0.39, 0.29) is 22.3 Å². The lowest BCUT2D eigenvalue weighted by Gasteiger charge is -2.09. The molecule has 0 aromatic heterocycles. The number of ether oxygens (including phenoxy) is 1. The molecule has 1 saturated carbocycles. The van der Waals surface area contributed by atoms with E-state index in [2.05, 4.69) is 5.32 Å². The summed E-state index contributed by atoms with van der Waals surface area (Å²) in [7, 11) is -3.60. The molecule has 0 heterocycles. The molecule has 3 amide bonds. The van der Waals surface area contributed by atoms with Gasteiger partial charge in [0.25, 0.3) is 5.91 Å². The molecule has 130 valence electrons. The van der Waals surface area contributed by atoms with E-state index in [1.807, 2.05) is 5.32 Å². The van der Waals surface area contributed by atoms with Gasteiger partial charge in [-0.1, -0.05) is 19.1 Å². The van der Waals surface area contributed by atoms with Gasteiger partial charge in [-0.25, -0.2) is 18.0 Å². The SMILES string of the molecule is CCS(=O)(=O)c1ccccc1C(=O)OCC(=O)NC(=O)NC1CC1. The minimum atomic E-state index is -3.60. The highest BCUT2D eigenvalue weighted by molar-refractivity contribution is 7.91. The third kappa shape index (κ3) is 4.79. The van der Waals surface area contributed by atoms with E-state index >= 15 is 0 Å². The van der Waals surface area contributed by atoms with E-state index in [0.29, 0.717) is 0 Å². The number of hydrogen-bond acceptors (Lipinski definition) is 6. The fourth-order valence-electron chi connectivity index (χ4n) is 1.88. The number of carbonyl (C=O) groups excluding carboxylic acids is 3. The van der Waals surface area contributed by atoms with E-state index in [9.17, 15) is 22.8 Å². The smallest absolute Gasteiger partial charge is 0.339 e. The second kappa shape index (κ2) is 7.43. The van der Waals surface area contributed by atoms with E-state index in [0.717, 1.165) is 12.8 Å². The molecule has 0 unspecified atom stereocenters. The van der Waals surface area contributed by atoms with E-state index in [1.165, 1.54) is 31.2 Å². The molecule has 1 aromatic rings. The Labute approximate surface area is 139 Å². The minimum Gasteiger partial charge on any atom is -0.452 e. The van der Waals surface area contributed by atoms with Crippen LogP contribution in [0, 0.1) is 0 Å². The van der Waals surface area contributed by atoms with Crippen molar-refractivity contribution < 1.29 is 27.5 Å². The molecule has 1 aromatic carbocycles. The number of urea groups is 1. The number of carbonyl (C=O) groups is 3. The van der Waals surface area contributed by atoms with Crippen LogP contribution in [0.2, 0.25) is 0 Å². The summed E-state index contributed by atoms with van der Waals surface area (Å²) < 4.78 is 28.8. The van der Waals surface area contributed by atoms with Gasteiger partial charge in [0, 0.05) is 6.04 Å². The van der Waals surface area contributed by atoms with Crippen molar-refractivity contribution in [2.75, 3.05) is 12.4 Å². The molecule has 2 rings (SSSR count). The average molecular weight is 354 g/mol. The van der Waals surface area contributed by atoms with Gasteiger partial charge in [-0.3, -0.25) is 10.1 Å². The second-order valence-corrected chi connectivity index (χ2v) is 7.52. The summed E-state index contributed by atoms with van der Waals surface area (Å²) in [5, 5.41) is 4.58. The lowest BCUT2D eigenvalue weighted by molar-refractivity contribution is -0.123. The Morgan fingerprint density at radius 1 is 1.21 bits per heavy atom. The molecule has 1 fully saturated rings. The maximum atomic E-state index is 12.0. The summed E-state index contributed by atoms with van der Waals surface area (Å²) in [6.45, 7) is 0.779. The van der Waals surface area contributed by atoms with Gasteiger partial charge in [-0.05, 0) is 25.0 Å². The largest absolute Gasteiger partial charge is 0.452 e. The van der Waals surface area contributed by atoms with Gasteiger partial charge in [-0.2, -0.15) is 0 Å². The fourth-order valence-corrected chi connectivity index (χ4v) is 2.97. The molecule has 1 aliphatic carbocycles. The van der Waals surface area contributed by atoms with Crippen LogP contribution in [-0.2, 0) is 19.4 Å². The Hall–Kier alpha value is -2.42. The first kappa shape index (κ1) is 17.9. The molecule has 0 aliphatic heterocycles. The number of esters is 1. The second-order valence-electron chi connectivity index (χ2n) is 5.27. The van der Waals surface area contributed by atoms with E-state index in [1.54, 1.807) is 0 Å². The molecule has 0 bridgehead atoms. The van der Waals surface area contributed by atoms with Crippen LogP contribution in [0.25, 0.3) is 0 Å². The first-order valence-corrected chi connectivity index (χ1v) is 9.08.